The van der Waals surface area contributed by atoms with Crippen LogP contribution in [0.3, 0.4) is 0 Å². The first kappa shape index (κ1) is 8.77. The Bertz CT molecular complexity index is 384. The zero-order valence-corrected chi connectivity index (χ0v) is 7.71. The second-order valence-corrected chi connectivity index (χ2v) is 2.87. The summed E-state index contributed by atoms with van der Waals surface area (Å²) in [5.41, 5.74) is 0.789. The maximum absolute atomic E-state index is 11.4. The SMILES string of the molecule is CC(=O)c1c(C)n(C)n(C)c1=O. The van der Waals surface area contributed by atoms with E-state index in [9.17, 15) is 9.59 Å². The van der Waals surface area contributed by atoms with Gasteiger partial charge in [-0.1, -0.05) is 0 Å². The van der Waals surface area contributed by atoms with Gasteiger partial charge < -0.3 is 0 Å². The van der Waals surface area contributed by atoms with Gasteiger partial charge in [0.2, 0.25) is 0 Å². The van der Waals surface area contributed by atoms with Gasteiger partial charge in [0, 0.05) is 19.8 Å². The lowest BCUT2D eigenvalue weighted by Crippen LogP contribution is -2.20. The van der Waals surface area contributed by atoms with Crippen molar-refractivity contribution in [3.05, 3.63) is 21.6 Å². The molecule has 4 heteroatoms. The van der Waals surface area contributed by atoms with Gasteiger partial charge in [-0.25, -0.2) is 0 Å². The minimum absolute atomic E-state index is 0.172. The van der Waals surface area contributed by atoms with Gasteiger partial charge in [-0.15, -0.1) is 0 Å². The number of rotatable bonds is 1. The van der Waals surface area contributed by atoms with Crippen molar-refractivity contribution in [1.82, 2.24) is 9.36 Å². The molecular formula is C8H12N2O2. The Labute approximate surface area is 70.4 Å². The third-order valence-corrected chi connectivity index (χ3v) is 2.16. The van der Waals surface area contributed by atoms with Crippen LogP contribution >= 0.6 is 0 Å². The summed E-state index contributed by atoms with van der Waals surface area (Å²) in [6.07, 6.45) is 0. The summed E-state index contributed by atoms with van der Waals surface area (Å²) in [7, 11) is 3.39. The van der Waals surface area contributed by atoms with Gasteiger partial charge in [0.1, 0.15) is 5.56 Å². The third kappa shape index (κ3) is 0.995. The summed E-state index contributed by atoms with van der Waals surface area (Å²) >= 11 is 0. The minimum atomic E-state index is -0.220. The molecule has 1 heterocycles. The van der Waals surface area contributed by atoms with E-state index in [4.69, 9.17) is 0 Å². The van der Waals surface area contributed by atoms with Crippen molar-refractivity contribution < 1.29 is 4.79 Å². The molecule has 0 aliphatic heterocycles. The second kappa shape index (κ2) is 2.62. The molecule has 1 rings (SSSR count). The molecule has 1 aromatic rings. The minimum Gasteiger partial charge on any atom is -0.294 e. The van der Waals surface area contributed by atoms with E-state index in [0.717, 1.165) is 5.69 Å². The highest BCUT2D eigenvalue weighted by Crippen LogP contribution is 2.02. The molecule has 0 aromatic carbocycles. The number of hydrogen-bond donors (Lipinski definition) is 0. The molecular weight excluding hydrogens is 156 g/mol. The van der Waals surface area contributed by atoms with Gasteiger partial charge in [0.15, 0.2) is 5.78 Å². The summed E-state index contributed by atoms with van der Waals surface area (Å²) < 4.78 is 3.09. The quantitative estimate of drug-likeness (QED) is 0.563. The van der Waals surface area contributed by atoms with E-state index in [1.54, 1.807) is 25.7 Å². The lowest BCUT2D eigenvalue weighted by Gasteiger charge is -1.99. The maximum Gasteiger partial charge on any atom is 0.277 e. The van der Waals surface area contributed by atoms with E-state index < -0.39 is 0 Å². The molecule has 0 fully saturated rings. The van der Waals surface area contributed by atoms with Crippen LogP contribution in [-0.4, -0.2) is 15.1 Å². The molecule has 0 aliphatic rings. The van der Waals surface area contributed by atoms with Crippen molar-refractivity contribution >= 4 is 5.78 Å². The first-order valence-electron chi connectivity index (χ1n) is 3.70. The summed E-state index contributed by atoms with van der Waals surface area (Å²) in [6.45, 7) is 3.17. The third-order valence-electron chi connectivity index (χ3n) is 2.16. The highest BCUT2D eigenvalue weighted by molar-refractivity contribution is 5.94. The van der Waals surface area contributed by atoms with Crippen LogP contribution in [0, 0.1) is 6.92 Å². The van der Waals surface area contributed by atoms with Crippen molar-refractivity contribution in [2.45, 2.75) is 13.8 Å². The lowest BCUT2D eigenvalue weighted by atomic mass is 10.2. The van der Waals surface area contributed by atoms with Crippen molar-refractivity contribution in [2.24, 2.45) is 14.1 Å². The molecule has 0 radical (unpaired) electrons. The van der Waals surface area contributed by atoms with Crippen LogP contribution in [0.2, 0.25) is 0 Å². The van der Waals surface area contributed by atoms with Gasteiger partial charge in [-0.3, -0.25) is 19.0 Å². The van der Waals surface area contributed by atoms with Gasteiger partial charge in [0.25, 0.3) is 5.56 Å². The van der Waals surface area contributed by atoms with Gasteiger partial charge in [0.05, 0.1) is 0 Å². The van der Waals surface area contributed by atoms with Crippen LogP contribution in [0.4, 0.5) is 0 Å². The van der Waals surface area contributed by atoms with E-state index in [0.29, 0.717) is 5.56 Å². The Kier molecular flexibility index (Phi) is 1.92. The summed E-state index contributed by atoms with van der Waals surface area (Å²) in [5.74, 6) is -0.172. The molecule has 0 saturated carbocycles. The van der Waals surface area contributed by atoms with E-state index in [-0.39, 0.29) is 11.3 Å². The average Bonchev–Trinajstić information content (AvgIpc) is 2.16. The molecule has 0 amide bonds. The van der Waals surface area contributed by atoms with E-state index in [2.05, 4.69) is 0 Å². The predicted octanol–water partition coefficient (Wildman–Crippen LogP) is 0.235. The van der Waals surface area contributed by atoms with E-state index in [1.807, 2.05) is 0 Å². The zero-order valence-electron chi connectivity index (χ0n) is 7.71. The van der Waals surface area contributed by atoms with Gasteiger partial charge in [-0.2, -0.15) is 0 Å². The smallest absolute Gasteiger partial charge is 0.277 e. The molecule has 66 valence electrons. The molecule has 1 aromatic heterocycles. The van der Waals surface area contributed by atoms with Crippen molar-refractivity contribution in [3.8, 4) is 0 Å². The fraction of sp³-hybridized carbons (Fsp3) is 0.500. The van der Waals surface area contributed by atoms with E-state index in [1.165, 1.54) is 11.6 Å². The van der Waals surface area contributed by atoms with Crippen molar-refractivity contribution in [2.75, 3.05) is 0 Å². The van der Waals surface area contributed by atoms with E-state index >= 15 is 0 Å². The number of carbonyl (C=O) groups excluding carboxylic acids is 1. The molecule has 0 N–H and O–H groups in total. The van der Waals surface area contributed by atoms with Gasteiger partial charge >= 0.3 is 0 Å². The van der Waals surface area contributed by atoms with Gasteiger partial charge in [-0.05, 0) is 13.8 Å². The van der Waals surface area contributed by atoms with Crippen LogP contribution < -0.4 is 5.56 Å². The standard InChI is InChI=1S/C8H12N2O2/c1-5-7(6(2)11)8(12)10(4)9(5)3/h1-4H3. The highest BCUT2D eigenvalue weighted by Gasteiger charge is 2.15. The van der Waals surface area contributed by atoms with Crippen LogP contribution in [0.5, 0.6) is 0 Å². The maximum atomic E-state index is 11.4. The largest absolute Gasteiger partial charge is 0.294 e. The molecule has 0 saturated heterocycles. The zero-order chi connectivity index (χ0) is 9.46. The number of aromatic nitrogens is 2. The number of Topliss-reactive ketones (excluding diaryl/α,β-unsaturated/α-hetero) is 1. The van der Waals surface area contributed by atoms with Crippen molar-refractivity contribution in [1.29, 1.82) is 0 Å². The first-order chi connectivity index (χ1) is 5.46. The Balaban J connectivity index is 3.60. The Morgan fingerprint density at radius 1 is 1.25 bits per heavy atom. The number of hydrogen-bond acceptors (Lipinski definition) is 2. The molecule has 0 bridgehead atoms. The molecule has 0 aliphatic carbocycles. The van der Waals surface area contributed by atoms with Crippen LogP contribution in [0.15, 0.2) is 4.79 Å². The van der Waals surface area contributed by atoms with Crippen molar-refractivity contribution in [3.63, 3.8) is 0 Å². The normalized spacial score (nSPS) is 10.3. The lowest BCUT2D eigenvalue weighted by molar-refractivity contribution is 0.101. The second-order valence-electron chi connectivity index (χ2n) is 2.87. The molecule has 12 heavy (non-hydrogen) atoms. The highest BCUT2D eigenvalue weighted by atomic mass is 16.2. The topological polar surface area (TPSA) is 44.0 Å². The number of nitrogens with zero attached hydrogens (tertiary/aromatic N) is 2. The Morgan fingerprint density at radius 2 is 1.75 bits per heavy atom. The first-order valence-corrected chi connectivity index (χ1v) is 3.70. The fourth-order valence-electron chi connectivity index (χ4n) is 1.24. The monoisotopic (exact) mass is 168 g/mol. The summed E-state index contributed by atoms with van der Waals surface area (Å²) in [5, 5.41) is 0. The summed E-state index contributed by atoms with van der Waals surface area (Å²) in [6, 6.07) is 0. The Hall–Kier alpha value is -1.32. The molecule has 0 unspecified atom stereocenters. The number of carbonyl (C=O) groups is 1. The Morgan fingerprint density at radius 3 is 1.92 bits per heavy atom. The summed E-state index contributed by atoms with van der Waals surface area (Å²) in [4.78, 5) is 22.4. The van der Waals surface area contributed by atoms with Crippen LogP contribution in [0.25, 0.3) is 0 Å². The molecule has 0 spiro atoms. The van der Waals surface area contributed by atoms with Crippen LogP contribution in [-0.2, 0) is 14.1 Å². The fourth-order valence-corrected chi connectivity index (χ4v) is 1.24. The number of ketones is 1. The molecule has 0 atom stereocenters. The van der Waals surface area contributed by atoms with Crippen LogP contribution in [0.1, 0.15) is 23.0 Å². The average molecular weight is 168 g/mol. The predicted molar refractivity (Wildman–Crippen MR) is 45.4 cm³/mol. The molecule has 4 nitrogen and oxygen atoms in total.